The van der Waals surface area contributed by atoms with Gasteiger partial charge in [0, 0.05) is 5.69 Å². The summed E-state index contributed by atoms with van der Waals surface area (Å²) in [5.74, 6) is 0.741. The van der Waals surface area contributed by atoms with Gasteiger partial charge in [-0.25, -0.2) is 4.79 Å². The van der Waals surface area contributed by atoms with Crippen LogP contribution < -0.4 is 15.2 Å². The summed E-state index contributed by atoms with van der Waals surface area (Å²) in [6, 6.07) is 6.99. The first-order chi connectivity index (χ1) is 9.10. The van der Waals surface area contributed by atoms with E-state index in [0.717, 1.165) is 10.8 Å². The van der Waals surface area contributed by atoms with Crippen LogP contribution in [-0.2, 0) is 4.74 Å². The molecule has 0 bridgehead atoms. The van der Waals surface area contributed by atoms with Crippen molar-refractivity contribution in [2.24, 2.45) is 0 Å². The van der Waals surface area contributed by atoms with Crippen molar-refractivity contribution in [3.05, 3.63) is 29.8 Å². The predicted molar refractivity (Wildman–Crippen MR) is 72.8 cm³/mol. The zero-order valence-corrected chi connectivity index (χ0v) is 11.0. The van der Waals surface area contributed by atoms with E-state index in [4.69, 9.17) is 19.9 Å². The van der Waals surface area contributed by atoms with Crippen molar-refractivity contribution in [3.8, 4) is 11.5 Å². The zero-order chi connectivity index (χ0) is 14.0. The number of carbonyl (C=O) groups excluding carboxylic acids is 1. The fraction of sp³-hybridized carbons (Fsp3) is 0.214. The molecule has 0 aromatic heterocycles. The van der Waals surface area contributed by atoms with Gasteiger partial charge >= 0.3 is 5.97 Å². The monoisotopic (exact) mass is 261 g/mol. The molecule has 0 aliphatic rings. The van der Waals surface area contributed by atoms with Gasteiger partial charge in [-0.05, 0) is 35.0 Å². The van der Waals surface area contributed by atoms with Crippen molar-refractivity contribution in [1.29, 1.82) is 0 Å². The average Bonchev–Trinajstić information content (AvgIpc) is 2.44. The third kappa shape index (κ3) is 2.27. The molecule has 2 N–H and O–H groups in total. The number of ether oxygens (including phenoxy) is 3. The molecule has 0 atom stereocenters. The number of benzene rings is 2. The van der Waals surface area contributed by atoms with Gasteiger partial charge in [0.25, 0.3) is 0 Å². The third-order valence-corrected chi connectivity index (χ3v) is 2.92. The van der Waals surface area contributed by atoms with E-state index in [2.05, 4.69) is 0 Å². The predicted octanol–water partition coefficient (Wildman–Crippen LogP) is 2.23. The standard InChI is InChI=1S/C14H15NO4/c1-17-12-6-8-4-10(14(16)19-3)11(15)5-9(8)7-13(12)18-2/h4-7H,15H2,1-3H3. The molecular weight excluding hydrogens is 246 g/mol. The van der Waals surface area contributed by atoms with E-state index in [1.54, 1.807) is 32.4 Å². The molecule has 0 aliphatic carbocycles. The van der Waals surface area contributed by atoms with Gasteiger partial charge in [0.2, 0.25) is 0 Å². The summed E-state index contributed by atoms with van der Waals surface area (Å²) in [6.45, 7) is 0. The van der Waals surface area contributed by atoms with Crippen LogP contribution in [0.25, 0.3) is 10.8 Å². The molecule has 0 aliphatic heterocycles. The molecule has 2 rings (SSSR count). The van der Waals surface area contributed by atoms with E-state index < -0.39 is 5.97 Å². The topological polar surface area (TPSA) is 70.8 Å². The molecule has 2 aromatic carbocycles. The molecular formula is C14H15NO4. The van der Waals surface area contributed by atoms with Crippen molar-refractivity contribution in [1.82, 2.24) is 0 Å². The van der Waals surface area contributed by atoms with Crippen LogP contribution in [0.1, 0.15) is 10.4 Å². The maximum atomic E-state index is 11.6. The van der Waals surface area contributed by atoms with Crippen molar-refractivity contribution < 1.29 is 19.0 Å². The lowest BCUT2D eigenvalue weighted by Crippen LogP contribution is -2.05. The van der Waals surface area contributed by atoms with Gasteiger partial charge in [-0.15, -0.1) is 0 Å². The molecule has 0 radical (unpaired) electrons. The Morgan fingerprint density at radius 3 is 1.95 bits per heavy atom. The fourth-order valence-corrected chi connectivity index (χ4v) is 1.93. The fourth-order valence-electron chi connectivity index (χ4n) is 1.93. The van der Waals surface area contributed by atoms with Crippen molar-refractivity contribution in [2.75, 3.05) is 27.1 Å². The Hall–Kier alpha value is -2.43. The largest absolute Gasteiger partial charge is 0.493 e. The zero-order valence-electron chi connectivity index (χ0n) is 11.0. The Balaban J connectivity index is 2.68. The van der Waals surface area contributed by atoms with Crippen LogP contribution in [0, 0.1) is 0 Å². The van der Waals surface area contributed by atoms with Gasteiger partial charge in [0.15, 0.2) is 11.5 Å². The first-order valence-corrected chi connectivity index (χ1v) is 5.64. The number of hydrogen-bond donors (Lipinski definition) is 1. The van der Waals surface area contributed by atoms with Crippen molar-refractivity contribution in [3.63, 3.8) is 0 Å². The van der Waals surface area contributed by atoms with Crippen LogP contribution in [0.4, 0.5) is 5.69 Å². The Morgan fingerprint density at radius 1 is 0.947 bits per heavy atom. The van der Waals surface area contributed by atoms with Gasteiger partial charge in [-0.2, -0.15) is 0 Å². The van der Waals surface area contributed by atoms with Gasteiger partial charge in [0.05, 0.1) is 26.9 Å². The number of nitrogens with two attached hydrogens (primary N) is 1. The minimum atomic E-state index is -0.464. The third-order valence-electron chi connectivity index (χ3n) is 2.92. The summed E-state index contributed by atoms with van der Waals surface area (Å²) >= 11 is 0. The molecule has 5 heteroatoms. The number of esters is 1. The molecule has 100 valence electrons. The molecule has 0 fully saturated rings. The highest BCUT2D eigenvalue weighted by atomic mass is 16.5. The normalized spacial score (nSPS) is 10.3. The first kappa shape index (κ1) is 13.0. The van der Waals surface area contributed by atoms with Crippen LogP contribution in [0.2, 0.25) is 0 Å². The lowest BCUT2D eigenvalue weighted by atomic mass is 10.0. The maximum absolute atomic E-state index is 11.6. The number of fused-ring (bicyclic) bond motifs is 1. The van der Waals surface area contributed by atoms with Crippen LogP contribution >= 0.6 is 0 Å². The molecule has 2 aromatic rings. The number of rotatable bonds is 3. The Labute approximate surface area is 110 Å². The van der Waals surface area contributed by atoms with Gasteiger partial charge in [-0.3, -0.25) is 0 Å². The summed E-state index contributed by atoms with van der Waals surface area (Å²) in [6.07, 6.45) is 0. The van der Waals surface area contributed by atoms with Gasteiger partial charge in [0.1, 0.15) is 0 Å². The molecule has 0 saturated heterocycles. The van der Waals surface area contributed by atoms with E-state index in [1.165, 1.54) is 7.11 Å². The van der Waals surface area contributed by atoms with E-state index in [1.807, 2.05) is 6.07 Å². The lowest BCUT2D eigenvalue weighted by Gasteiger charge is -2.11. The Morgan fingerprint density at radius 2 is 1.47 bits per heavy atom. The minimum Gasteiger partial charge on any atom is -0.493 e. The molecule has 0 amide bonds. The summed E-state index contributed by atoms with van der Waals surface area (Å²) in [7, 11) is 4.44. The van der Waals surface area contributed by atoms with Crippen molar-refractivity contribution >= 4 is 22.4 Å². The summed E-state index contributed by atoms with van der Waals surface area (Å²) in [5, 5.41) is 1.69. The highest BCUT2D eigenvalue weighted by molar-refractivity contribution is 6.01. The van der Waals surface area contributed by atoms with Crippen molar-refractivity contribution in [2.45, 2.75) is 0 Å². The maximum Gasteiger partial charge on any atom is 0.339 e. The minimum absolute atomic E-state index is 0.335. The Kier molecular flexibility index (Phi) is 3.46. The van der Waals surface area contributed by atoms with E-state index >= 15 is 0 Å². The molecule has 0 spiro atoms. The second-order valence-electron chi connectivity index (χ2n) is 3.99. The highest BCUT2D eigenvalue weighted by Gasteiger charge is 2.13. The highest BCUT2D eigenvalue weighted by Crippen LogP contribution is 2.34. The van der Waals surface area contributed by atoms with Crippen LogP contribution in [0.5, 0.6) is 11.5 Å². The van der Waals surface area contributed by atoms with Crippen LogP contribution in [0.3, 0.4) is 0 Å². The second-order valence-corrected chi connectivity index (χ2v) is 3.99. The average molecular weight is 261 g/mol. The van der Waals surface area contributed by atoms with Crippen LogP contribution in [-0.4, -0.2) is 27.3 Å². The van der Waals surface area contributed by atoms with E-state index in [-0.39, 0.29) is 0 Å². The number of anilines is 1. The smallest absolute Gasteiger partial charge is 0.339 e. The molecule has 19 heavy (non-hydrogen) atoms. The number of methoxy groups -OCH3 is 3. The summed E-state index contributed by atoms with van der Waals surface area (Å²) in [5.41, 5.74) is 6.55. The van der Waals surface area contributed by atoms with Gasteiger partial charge < -0.3 is 19.9 Å². The molecule has 0 unspecified atom stereocenters. The molecule has 5 nitrogen and oxygen atoms in total. The van der Waals surface area contributed by atoms with E-state index in [0.29, 0.717) is 22.7 Å². The van der Waals surface area contributed by atoms with E-state index in [9.17, 15) is 4.79 Å². The summed E-state index contributed by atoms with van der Waals surface area (Å²) in [4.78, 5) is 11.6. The summed E-state index contributed by atoms with van der Waals surface area (Å²) < 4.78 is 15.1. The number of carbonyl (C=O) groups is 1. The number of hydrogen-bond acceptors (Lipinski definition) is 5. The molecule has 0 heterocycles. The quantitative estimate of drug-likeness (QED) is 0.677. The van der Waals surface area contributed by atoms with Gasteiger partial charge in [-0.1, -0.05) is 0 Å². The second kappa shape index (κ2) is 5.06. The molecule has 0 saturated carbocycles. The SMILES string of the molecule is COC(=O)c1cc2cc(OC)c(OC)cc2cc1N. The lowest BCUT2D eigenvalue weighted by molar-refractivity contribution is 0.0602. The Bertz CT molecular complexity index is 637. The first-order valence-electron chi connectivity index (χ1n) is 5.64. The van der Waals surface area contributed by atoms with Crippen LogP contribution in [0.15, 0.2) is 24.3 Å². The number of nitrogen functional groups attached to an aromatic ring is 1.